The molecule has 4 aliphatic rings. The lowest BCUT2D eigenvalue weighted by Gasteiger charge is -2.29. The average Bonchev–Trinajstić information content (AvgIpc) is 3.46. The maximum Gasteiger partial charge on any atom is 0.0537 e. The van der Waals surface area contributed by atoms with Crippen molar-refractivity contribution in [1.82, 2.24) is 9.13 Å². The number of benzene rings is 2. The van der Waals surface area contributed by atoms with Gasteiger partial charge in [-0.2, -0.15) is 0 Å². The van der Waals surface area contributed by atoms with Crippen LogP contribution in [0.3, 0.4) is 0 Å². The van der Waals surface area contributed by atoms with E-state index in [0.717, 1.165) is 44.9 Å². The molecule has 2 aromatic carbocycles. The van der Waals surface area contributed by atoms with Crippen molar-refractivity contribution in [2.45, 2.75) is 65.7 Å². The molecular formula is C45H44N2. The summed E-state index contributed by atoms with van der Waals surface area (Å²) in [6.07, 6.45) is 35.7. The SMILES string of the molecule is CC/C=C\c1c(C)c2ccccc2n1C1=C(C2=C(C3=CC=CCC=C3n3c4c(c5ccccc53)CCC=C4)CCC=C2)CC(C)C=C1. The molecule has 2 aromatic heterocycles. The molecule has 47 heavy (non-hydrogen) atoms. The van der Waals surface area contributed by atoms with Crippen LogP contribution in [0, 0.1) is 12.8 Å². The van der Waals surface area contributed by atoms with Crippen LogP contribution in [0.15, 0.2) is 132 Å². The highest BCUT2D eigenvalue weighted by atomic mass is 15.0. The molecule has 0 fully saturated rings. The largest absolute Gasteiger partial charge is 0.309 e. The molecule has 0 bridgehead atoms. The summed E-state index contributed by atoms with van der Waals surface area (Å²) in [7, 11) is 0. The van der Waals surface area contributed by atoms with Crippen LogP contribution in [0.2, 0.25) is 0 Å². The second-order valence-electron chi connectivity index (χ2n) is 13.4. The van der Waals surface area contributed by atoms with Gasteiger partial charge in [-0.05, 0) is 116 Å². The molecule has 2 heteroatoms. The Labute approximate surface area is 279 Å². The lowest BCUT2D eigenvalue weighted by Crippen LogP contribution is -2.13. The summed E-state index contributed by atoms with van der Waals surface area (Å²) in [4.78, 5) is 0. The third-order valence-electron chi connectivity index (χ3n) is 10.4. The quantitative estimate of drug-likeness (QED) is 0.205. The Morgan fingerprint density at radius 2 is 1.60 bits per heavy atom. The standard InChI is InChI=1S/C45H44N2/c1-4-5-23-40-32(3)33-17-11-14-25-41(33)46(40)45-29-28-31(2)30-39(45)35-19-10-9-18-34(35)36-20-7-6-8-24-42(36)47-43-26-15-12-21-37(43)38-22-13-16-27-44(38)47/h5-7,10-12,14-17,19-21,23-29,31H,4,8-9,13,18,22,30H2,1-3H3/b23-5-. The lowest BCUT2D eigenvalue weighted by molar-refractivity contribution is 0.708. The van der Waals surface area contributed by atoms with Crippen LogP contribution in [0.4, 0.5) is 0 Å². The molecule has 234 valence electrons. The number of para-hydroxylation sites is 2. The molecule has 0 spiro atoms. The molecule has 0 radical (unpaired) electrons. The van der Waals surface area contributed by atoms with Crippen LogP contribution in [0.5, 0.6) is 0 Å². The van der Waals surface area contributed by atoms with Crippen LogP contribution >= 0.6 is 0 Å². The number of allylic oxidation sites excluding steroid dienone is 16. The van der Waals surface area contributed by atoms with Crippen molar-refractivity contribution in [3.05, 3.63) is 154 Å². The van der Waals surface area contributed by atoms with Gasteiger partial charge in [-0.1, -0.05) is 105 Å². The van der Waals surface area contributed by atoms with Crippen molar-refractivity contribution >= 4 is 45.4 Å². The molecule has 1 unspecified atom stereocenters. The second-order valence-corrected chi connectivity index (χ2v) is 13.4. The maximum atomic E-state index is 2.57. The predicted octanol–water partition coefficient (Wildman–Crippen LogP) is 12.2. The van der Waals surface area contributed by atoms with Gasteiger partial charge < -0.3 is 9.13 Å². The molecule has 1 atom stereocenters. The van der Waals surface area contributed by atoms with Gasteiger partial charge >= 0.3 is 0 Å². The smallest absolute Gasteiger partial charge is 0.0537 e. The van der Waals surface area contributed by atoms with Crippen LogP contribution in [0.25, 0.3) is 45.4 Å². The molecule has 0 amide bonds. The van der Waals surface area contributed by atoms with E-state index in [-0.39, 0.29) is 0 Å². The van der Waals surface area contributed by atoms with E-state index in [1.54, 1.807) is 0 Å². The van der Waals surface area contributed by atoms with Crippen LogP contribution in [-0.2, 0) is 6.42 Å². The van der Waals surface area contributed by atoms with E-state index >= 15 is 0 Å². The Balaban J connectivity index is 1.38. The van der Waals surface area contributed by atoms with Gasteiger partial charge in [-0.15, -0.1) is 0 Å². The number of aromatic nitrogens is 2. The molecule has 2 heterocycles. The van der Waals surface area contributed by atoms with Crippen LogP contribution in [0.1, 0.15) is 74.9 Å². The van der Waals surface area contributed by atoms with Crippen LogP contribution < -0.4 is 0 Å². The number of rotatable bonds is 6. The Morgan fingerprint density at radius 3 is 2.45 bits per heavy atom. The molecule has 0 N–H and O–H groups in total. The van der Waals surface area contributed by atoms with E-state index in [2.05, 4.69) is 151 Å². The molecular weight excluding hydrogens is 569 g/mol. The van der Waals surface area contributed by atoms with Gasteiger partial charge in [0, 0.05) is 33.4 Å². The average molecular weight is 613 g/mol. The van der Waals surface area contributed by atoms with Gasteiger partial charge in [-0.25, -0.2) is 0 Å². The van der Waals surface area contributed by atoms with E-state index < -0.39 is 0 Å². The first-order valence-electron chi connectivity index (χ1n) is 17.6. The Morgan fingerprint density at radius 1 is 0.830 bits per heavy atom. The summed E-state index contributed by atoms with van der Waals surface area (Å²) in [6, 6.07) is 17.9. The first-order chi connectivity index (χ1) is 23.2. The van der Waals surface area contributed by atoms with Crippen molar-refractivity contribution in [2.24, 2.45) is 5.92 Å². The monoisotopic (exact) mass is 612 g/mol. The minimum absolute atomic E-state index is 0.471. The minimum Gasteiger partial charge on any atom is -0.309 e. The predicted molar refractivity (Wildman–Crippen MR) is 203 cm³/mol. The highest BCUT2D eigenvalue weighted by Crippen LogP contribution is 2.45. The summed E-state index contributed by atoms with van der Waals surface area (Å²) in [5, 5.41) is 2.72. The zero-order valence-corrected chi connectivity index (χ0v) is 28.0. The third kappa shape index (κ3) is 5.02. The minimum atomic E-state index is 0.471. The van der Waals surface area contributed by atoms with Crippen molar-refractivity contribution in [1.29, 1.82) is 0 Å². The fourth-order valence-electron chi connectivity index (χ4n) is 8.18. The van der Waals surface area contributed by atoms with Crippen molar-refractivity contribution in [3.8, 4) is 0 Å². The lowest BCUT2D eigenvalue weighted by atomic mass is 9.80. The normalized spacial score (nSPS) is 19.7. The van der Waals surface area contributed by atoms with Gasteiger partial charge in [0.25, 0.3) is 0 Å². The summed E-state index contributed by atoms with van der Waals surface area (Å²) >= 11 is 0. The first kappa shape index (κ1) is 29.6. The van der Waals surface area contributed by atoms with E-state index in [4.69, 9.17) is 0 Å². The van der Waals surface area contributed by atoms with E-state index in [1.165, 1.54) is 78.0 Å². The summed E-state index contributed by atoms with van der Waals surface area (Å²) in [5.41, 5.74) is 16.4. The molecule has 4 aliphatic carbocycles. The van der Waals surface area contributed by atoms with Crippen molar-refractivity contribution in [2.75, 3.05) is 0 Å². The second kappa shape index (κ2) is 12.4. The van der Waals surface area contributed by atoms with Crippen molar-refractivity contribution < 1.29 is 0 Å². The van der Waals surface area contributed by atoms with Gasteiger partial charge in [-0.3, -0.25) is 0 Å². The maximum absolute atomic E-state index is 2.57. The Bertz CT molecular complexity index is 2190. The van der Waals surface area contributed by atoms with E-state index in [1.807, 2.05) is 0 Å². The number of fused-ring (bicyclic) bond motifs is 4. The summed E-state index contributed by atoms with van der Waals surface area (Å²) < 4.78 is 5.11. The summed E-state index contributed by atoms with van der Waals surface area (Å²) in [6.45, 7) is 6.86. The molecule has 2 nitrogen and oxygen atoms in total. The molecule has 4 aromatic rings. The molecule has 0 aliphatic heterocycles. The van der Waals surface area contributed by atoms with Gasteiger partial charge in [0.15, 0.2) is 0 Å². The summed E-state index contributed by atoms with van der Waals surface area (Å²) in [5.74, 6) is 0.471. The van der Waals surface area contributed by atoms with E-state index in [0.29, 0.717) is 5.92 Å². The topological polar surface area (TPSA) is 9.86 Å². The molecule has 8 rings (SSSR count). The van der Waals surface area contributed by atoms with Gasteiger partial charge in [0.2, 0.25) is 0 Å². The number of hydrogen-bond donors (Lipinski definition) is 0. The highest BCUT2D eigenvalue weighted by Gasteiger charge is 2.28. The molecule has 0 saturated carbocycles. The van der Waals surface area contributed by atoms with Crippen molar-refractivity contribution in [3.63, 3.8) is 0 Å². The number of aryl methyl sites for hydroxylation is 2. The number of hydrogen-bond acceptors (Lipinski definition) is 0. The zero-order valence-electron chi connectivity index (χ0n) is 28.0. The van der Waals surface area contributed by atoms with Gasteiger partial charge in [0.05, 0.1) is 16.7 Å². The fourth-order valence-corrected chi connectivity index (χ4v) is 8.18. The zero-order chi connectivity index (χ0) is 31.9. The highest BCUT2D eigenvalue weighted by molar-refractivity contribution is 5.96. The number of nitrogens with zero attached hydrogens (tertiary/aromatic N) is 2. The molecule has 0 saturated heterocycles. The van der Waals surface area contributed by atoms with Gasteiger partial charge in [0.1, 0.15) is 0 Å². The first-order valence-corrected chi connectivity index (χ1v) is 17.6. The fraction of sp³-hybridized carbons (Fsp3) is 0.244. The van der Waals surface area contributed by atoms with E-state index in [9.17, 15) is 0 Å². The third-order valence-corrected chi connectivity index (χ3v) is 10.4. The Hall–Kier alpha value is -4.82. The van der Waals surface area contributed by atoms with Crippen LogP contribution in [-0.4, -0.2) is 9.13 Å². The Kier molecular flexibility index (Phi) is 7.81.